The Morgan fingerprint density at radius 1 is 1.07 bits per heavy atom. The molecular weight excluding hydrogens is 446 g/mol. The number of benzene rings is 1. The minimum atomic E-state index is -3.23. The molecule has 1 fully saturated rings. The molecule has 0 saturated carbocycles. The highest BCUT2D eigenvalue weighted by Gasteiger charge is 2.28. The zero-order valence-electron chi connectivity index (χ0n) is 17.3. The minimum absolute atomic E-state index is 0.108. The number of hydrogen-bond acceptors (Lipinski definition) is 8. The van der Waals surface area contributed by atoms with Gasteiger partial charge in [0.05, 0.1) is 16.3 Å². The largest absolute Gasteiger partial charge is 0.487 e. The zero-order valence-corrected chi connectivity index (χ0v) is 19.8. The van der Waals surface area contributed by atoms with Crippen LogP contribution in [0.1, 0.15) is 19.5 Å². The van der Waals surface area contributed by atoms with Crippen molar-refractivity contribution in [1.82, 2.24) is 9.29 Å². The van der Waals surface area contributed by atoms with Gasteiger partial charge in [0.2, 0.25) is 10.0 Å². The topological polar surface area (TPSA) is 96.9 Å². The van der Waals surface area contributed by atoms with Crippen molar-refractivity contribution in [2.75, 3.05) is 43.1 Å². The van der Waals surface area contributed by atoms with Crippen LogP contribution in [0.3, 0.4) is 0 Å². The standard InChI is InChI=1S/C19H27N3O5S3/c1-15(2)14-30(25,26)22-10-8-21(9-11-22)19-20-16(13-28-19)12-27-17-4-6-18(7-5-17)29(3,23)24/h4-7,13,15H,8-12,14H2,1-3H3. The van der Waals surface area contributed by atoms with E-state index >= 15 is 0 Å². The molecule has 2 heterocycles. The van der Waals surface area contributed by atoms with Crippen LogP contribution in [0.25, 0.3) is 0 Å². The van der Waals surface area contributed by atoms with Gasteiger partial charge >= 0.3 is 0 Å². The second-order valence-electron chi connectivity index (χ2n) is 7.71. The van der Waals surface area contributed by atoms with E-state index in [0.717, 1.165) is 10.8 Å². The summed E-state index contributed by atoms with van der Waals surface area (Å²) in [7, 11) is -6.43. The molecule has 0 spiro atoms. The number of aromatic nitrogens is 1. The summed E-state index contributed by atoms with van der Waals surface area (Å²) in [4.78, 5) is 6.94. The number of anilines is 1. The summed E-state index contributed by atoms with van der Waals surface area (Å²) >= 11 is 1.50. The molecule has 0 unspecified atom stereocenters. The fourth-order valence-corrected chi connectivity index (χ4v) is 6.40. The lowest BCUT2D eigenvalue weighted by molar-refractivity contribution is 0.302. The van der Waals surface area contributed by atoms with Crippen LogP contribution >= 0.6 is 11.3 Å². The molecule has 2 aromatic rings. The van der Waals surface area contributed by atoms with Crippen LogP contribution < -0.4 is 9.64 Å². The van der Waals surface area contributed by atoms with Crippen molar-refractivity contribution in [2.24, 2.45) is 5.92 Å². The SMILES string of the molecule is CC(C)CS(=O)(=O)N1CCN(c2nc(COc3ccc(S(C)(=O)=O)cc3)cs2)CC1. The smallest absolute Gasteiger partial charge is 0.214 e. The van der Waals surface area contributed by atoms with E-state index in [1.165, 1.54) is 29.7 Å². The summed E-state index contributed by atoms with van der Waals surface area (Å²) in [5.41, 5.74) is 0.775. The van der Waals surface area contributed by atoms with Gasteiger partial charge in [0.25, 0.3) is 0 Å². The Balaban J connectivity index is 1.53. The van der Waals surface area contributed by atoms with Crippen LogP contribution in [0.4, 0.5) is 5.13 Å². The molecule has 0 bridgehead atoms. The molecule has 3 rings (SSSR count). The van der Waals surface area contributed by atoms with Crippen molar-refractivity contribution in [1.29, 1.82) is 0 Å². The van der Waals surface area contributed by atoms with Gasteiger partial charge in [-0.2, -0.15) is 4.31 Å². The van der Waals surface area contributed by atoms with Crippen molar-refractivity contribution in [2.45, 2.75) is 25.3 Å². The van der Waals surface area contributed by atoms with Crippen molar-refractivity contribution in [3.05, 3.63) is 35.3 Å². The lowest BCUT2D eigenvalue weighted by Gasteiger charge is -2.34. The highest BCUT2D eigenvalue weighted by molar-refractivity contribution is 7.90. The molecule has 1 aromatic carbocycles. The molecule has 166 valence electrons. The highest BCUT2D eigenvalue weighted by Crippen LogP contribution is 2.24. The summed E-state index contributed by atoms with van der Waals surface area (Å²) in [5, 5.41) is 2.77. The maximum atomic E-state index is 12.4. The summed E-state index contributed by atoms with van der Waals surface area (Å²) in [6.07, 6.45) is 1.17. The molecular formula is C19H27N3O5S3. The maximum absolute atomic E-state index is 12.4. The number of ether oxygens (including phenoxy) is 1. The van der Waals surface area contributed by atoms with Crippen molar-refractivity contribution in [3.63, 3.8) is 0 Å². The monoisotopic (exact) mass is 473 g/mol. The van der Waals surface area contributed by atoms with Crippen LogP contribution in [0.15, 0.2) is 34.5 Å². The predicted molar refractivity (Wildman–Crippen MR) is 118 cm³/mol. The lowest BCUT2D eigenvalue weighted by atomic mass is 10.3. The van der Waals surface area contributed by atoms with Gasteiger partial charge in [-0.05, 0) is 30.2 Å². The zero-order chi connectivity index (χ0) is 21.9. The Morgan fingerprint density at radius 2 is 1.70 bits per heavy atom. The molecule has 0 radical (unpaired) electrons. The Labute approximate surface area is 182 Å². The third kappa shape index (κ3) is 5.93. The Hall–Kier alpha value is -1.69. The van der Waals surface area contributed by atoms with E-state index in [1.807, 2.05) is 19.2 Å². The van der Waals surface area contributed by atoms with Gasteiger partial charge in [-0.1, -0.05) is 13.8 Å². The molecule has 0 amide bonds. The number of sulfonamides is 1. The van der Waals surface area contributed by atoms with Crippen LogP contribution in [0.2, 0.25) is 0 Å². The average Bonchev–Trinajstić information content (AvgIpc) is 3.14. The van der Waals surface area contributed by atoms with E-state index in [4.69, 9.17) is 4.74 Å². The molecule has 0 N–H and O–H groups in total. The van der Waals surface area contributed by atoms with E-state index < -0.39 is 19.9 Å². The third-order valence-corrected chi connectivity index (χ3v) is 8.94. The van der Waals surface area contributed by atoms with E-state index in [0.29, 0.717) is 31.9 Å². The third-order valence-electron chi connectivity index (χ3n) is 4.62. The summed E-state index contributed by atoms with van der Waals surface area (Å²) < 4.78 is 55.1. The lowest BCUT2D eigenvalue weighted by Crippen LogP contribution is -2.49. The molecule has 30 heavy (non-hydrogen) atoms. The number of hydrogen-bond donors (Lipinski definition) is 0. The summed E-state index contributed by atoms with van der Waals surface area (Å²) in [5.74, 6) is 0.856. The van der Waals surface area contributed by atoms with Crippen molar-refractivity contribution >= 4 is 36.3 Å². The molecule has 1 aliphatic heterocycles. The Morgan fingerprint density at radius 3 is 2.27 bits per heavy atom. The van der Waals surface area contributed by atoms with Crippen LogP contribution in [0, 0.1) is 5.92 Å². The fraction of sp³-hybridized carbons (Fsp3) is 0.526. The normalized spacial score (nSPS) is 16.2. The van der Waals surface area contributed by atoms with Gasteiger partial charge in [-0.3, -0.25) is 0 Å². The second kappa shape index (κ2) is 9.21. The van der Waals surface area contributed by atoms with Crippen LogP contribution in [-0.4, -0.2) is 64.3 Å². The van der Waals surface area contributed by atoms with Gasteiger partial charge in [-0.15, -0.1) is 11.3 Å². The first-order valence-corrected chi connectivity index (χ1v) is 14.0. The van der Waals surface area contributed by atoms with Crippen molar-refractivity contribution in [3.8, 4) is 5.75 Å². The van der Waals surface area contributed by atoms with E-state index in [9.17, 15) is 16.8 Å². The number of piperazine rings is 1. The molecule has 0 atom stereocenters. The quantitative estimate of drug-likeness (QED) is 0.580. The van der Waals surface area contributed by atoms with E-state index in [2.05, 4.69) is 9.88 Å². The predicted octanol–water partition coefficient (Wildman–Crippen LogP) is 2.23. The van der Waals surface area contributed by atoms with Gasteiger partial charge in [-0.25, -0.2) is 21.8 Å². The number of nitrogens with zero attached hydrogens (tertiary/aromatic N) is 3. The number of sulfone groups is 1. The molecule has 1 aromatic heterocycles. The molecule has 8 nitrogen and oxygen atoms in total. The average molecular weight is 474 g/mol. The first-order chi connectivity index (χ1) is 14.0. The van der Waals surface area contributed by atoms with Gasteiger partial charge in [0.15, 0.2) is 15.0 Å². The minimum Gasteiger partial charge on any atom is -0.487 e. The maximum Gasteiger partial charge on any atom is 0.214 e. The molecule has 11 heteroatoms. The second-order valence-corrected chi connectivity index (χ2v) is 12.6. The highest BCUT2D eigenvalue weighted by atomic mass is 32.2. The summed E-state index contributed by atoms with van der Waals surface area (Å²) in [6, 6.07) is 6.29. The first-order valence-electron chi connectivity index (χ1n) is 9.65. The van der Waals surface area contributed by atoms with Crippen LogP contribution in [0.5, 0.6) is 5.75 Å². The van der Waals surface area contributed by atoms with E-state index in [-0.39, 0.29) is 23.2 Å². The Bertz CT molecular complexity index is 1060. The first kappa shape index (κ1) is 23.0. The fourth-order valence-electron chi connectivity index (χ4n) is 3.13. The Kier molecular flexibility index (Phi) is 7.05. The summed E-state index contributed by atoms with van der Waals surface area (Å²) in [6.45, 7) is 6.24. The van der Waals surface area contributed by atoms with E-state index in [1.54, 1.807) is 16.4 Å². The molecule has 1 saturated heterocycles. The molecule has 1 aliphatic rings. The van der Waals surface area contributed by atoms with Gasteiger partial charge < -0.3 is 9.64 Å². The number of rotatable bonds is 8. The number of thiazole rings is 1. The van der Waals surface area contributed by atoms with Crippen molar-refractivity contribution < 1.29 is 21.6 Å². The van der Waals surface area contributed by atoms with Crippen LogP contribution in [-0.2, 0) is 26.5 Å². The van der Waals surface area contributed by atoms with Gasteiger partial charge in [0.1, 0.15) is 12.4 Å². The van der Waals surface area contributed by atoms with Gasteiger partial charge in [0, 0.05) is 37.8 Å². The molecule has 0 aliphatic carbocycles.